The number of hydrazone groups is 1. The topological polar surface area (TPSA) is 77.0 Å². The third-order valence-electron chi connectivity index (χ3n) is 3.62. The van der Waals surface area contributed by atoms with Crippen LogP contribution in [0.1, 0.15) is 15.9 Å². The minimum Gasteiger partial charge on any atom is -0.484 e. The molecule has 0 radical (unpaired) electrons. The van der Waals surface area contributed by atoms with Crippen LogP contribution in [0.3, 0.4) is 0 Å². The molecule has 0 saturated heterocycles. The van der Waals surface area contributed by atoms with Gasteiger partial charge in [0.1, 0.15) is 11.5 Å². The number of para-hydroxylation sites is 1. The molecule has 140 valence electrons. The van der Waals surface area contributed by atoms with Crippen LogP contribution >= 0.6 is 0 Å². The number of hydrogen-bond acceptors (Lipinski definition) is 5. The standard InChI is InChI=1S/C22H18N2O4/c25-21(16-27-19-9-5-2-6-10-19)24-23-15-17-11-13-20(14-12-17)28-22(26)18-7-3-1-4-8-18/h1-15H,16H2,(H,24,25). The molecule has 0 aliphatic heterocycles. The van der Waals surface area contributed by atoms with Crippen LogP contribution in [0.4, 0.5) is 0 Å². The SMILES string of the molecule is O=C(COc1ccccc1)NN=Cc1ccc(OC(=O)c2ccccc2)cc1. The predicted molar refractivity (Wildman–Crippen MR) is 106 cm³/mol. The summed E-state index contributed by atoms with van der Waals surface area (Å²) in [7, 11) is 0. The Morgan fingerprint density at radius 1 is 0.821 bits per heavy atom. The molecule has 0 spiro atoms. The average Bonchev–Trinajstić information content (AvgIpc) is 2.75. The van der Waals surface area contributed by atoms with Gasteiger partial charge in [-0.25, -0.2) is 10.2 Å². The highest BCUT2D eigenvalue weighted by atomic mass is 16.5. The van der Waals surface area contributed by atoms with Gasteiger partial charge in [-0.05, 0) is 54.1 Å². The van der Waals surface area contributed by atoms with Crippen molar-refractivity contribution >= 4 is 18.1 Å². The van der Waals surface area contributed by atoms with Crippen LogP contribution in [-0.4, -0.2) is 24.7 Å². The van der Waals surface area contributed by atoms with Crippen molar-refractivity contribution in [1.29, 1.82) is 0 Å². The minimum absolute atomic E-state index is 0.129. The fourth-order valence-electron chi connectivity index (χ4n) is 2.24. The summed E-state index contributed by atoms with van der Waals surface area (Å²) in [4.78, 5) is 23.7. The number of hydrogen-bond donors (Lipinski definition) is 1. The highest BCUT2D eigenvalue weighted by Crippen LogP contribution is 2.13. The Kier molecular flexibility index (Phi) is 6.52. The number of amides is 1. The molecule has 3 rings (SSSR count). The van der Waals surface area contributed by atoms with E-state index in [4.69, 9.17) is 9.47 Å². The molecule has 3 aromatic rings. The first-order valence-corrected chi connectivity index (χ1v) is 8.58. The highest BCUT2D eigenvalue weighted by molar-refractivity contribution is 5.91. The van der Waals surface area contributed by atoms with E-state index in [9.17, 15) is 9.59 Å². The fourth-order valence-corrected chi connectivity index (χ4v) is 2.24. The predicted octanol–water partition coefficient (Wildman–Crippen LogP) is 3.43. The number of esters is 1. The Labute approximate surface area is 162 Å². The van der Waals surface area contributed by atoms with E-state index in [0.717, 1.165) is 5.56 Å². The van der Waals surface area contributed by atoms with Gasteiger partial charge in [-0.3, -0.25) is 4.79 Å². The molecule has 0 aliphatic carbocycles. The number of benzene rings is 3. The quantitative estimate of drug-likeness (QED) is 0.297. The molecule has 6 nitrogen and oxygen atoms in total. The van der Waals surface area contributed by atoms with Gasteiger partial charge in [0.2, 0.25) is 0 Å². The molecule has 0 aromatic heterocycles. The largest absolute Gasteiger partial charge is 0.484 e. The molecule has 3 aromatic carbocycles. The molecule has 0 fully saturated rings. The zero-order valence-corrected chi connectivity index (χ0v) is 14.9. The number of nitrogens with zero attached hydrogens (tertiary/aromatic N) is 1. The van der Waals surface area contributed by atoms with Gasteiger partial charge in [-0.2, -0.15) is 5.10 Å². The molecular formula is C22H18N2O4. The van der Waals surface area contributed by atoms with E-state index in [0.29, 0.717) is 17.1 Å². The Balaban J connectivity index is 1.46. The molecule has 1 N–H and O–H groups in total. The smallest absolute Gasteiger partial charge is 0.343 e. The molecule has 0 saturated carbocycles. The Hall–Kier alpha value is -3.93. The summed E-state index contributed by atoms with van der Waals surface area (Å²) in [6, 6.07) is 24.6. The van der Waals surface area contributed by atoms with Crippen LogP contribution < -0.4 is 14.9 Å². The number of ether oxygens (including phenoxy) is 2. The molecular weight excluding hydrogens is 356 g/mol. The molecule has 0 aliphatic rings. The van der Waals surface area contributed by atoms with E-state index < -0.39 is 5.97 Å². The lowest BCUT2D eigenvalue weighted by Crippen LogP contribution is -2.24. The van der Waals surface area contributed by atoms with Crippen molar-refractivity contribution in [3.05, 3.63) is 96.1 Å². The van der Waals surface area contributed by atoms with Crippen LogP contribution in [0.15, 0.2) is 90.0 Å². The van der Waals surface area contributed by atoms with Crippen molar-refractivity contribution in [2.75, 3.05) is 6.61 Å². The second kappa shape index (κ2) is 9.68. The van der Waals surface area contributed by atoms with Crippen LogP contribution in [0.25, 0.3) is 0 Å². The first-order valence-electron chi connectivity index (χ1n) is 8.58. The average molecular weight is 374 g/mol. The molecule has 1 amide bonds. The van der Waals surface area contributed by atoms with Crippen molar-refractivity contribution in [2.24, 2.45) is 5.10 Å². The van der Waals surface area contributed by atoms with E-state index in [-0.39, 0.29) is 12.5 Å². The van der Waals surface area contributed by atoms with Crippen LogP contribution in [0.5, 0.6) is 11.5 Å². The third kappa shape index (κ3) is 5.81. The first-order chi connectivity index (χ1) is 13.7. The highest BCUT2D eigenvalue weighted by Gasteiger charge is 2.07. The molecule has 0 unspecified atom stereocenters. The second-order valence-electron chi connectivity index (χ2n) is 5.72. The van der Waals surface area contributed by atoms with Crippen molar-refractivity contribution in [3.8, 4) is 11.5 Å². The molecule has 28 heavy (non-hydrogen) atoms. The Morgan fingerprint density at radius 2 is 1.46 bits per heavy atom. The molecule has 6 heteroatoms. The van der Waals surface area contributed by atoms with Gasteiger partial charge in [0, 0.05) is 0 Å². The fraction of sp³-hybridized carbons (Fsp3) is 0.0455. The van der Waals surface area contributed by atoms with Gasteiger partial charge in [-0.15, -0.1) is 0 Å². The lowest BCUT2D eigenvalue weighted by molar-refractivity contribution is -0.123. The summed E-state index contributed by atoms with van der Waals surface area (Å²) in [6.45, 7) is -0.129. The van der Waals surface area contributed by atoms with Gasteiger partial charge < -0.3 is 9.47 Å². The summed E-state index contributed by atoms with van der Waals surface area (Å²) in [5.41, 5.74) is 3.61. The van der Waals surface area contributed by atoms with E-state index in [2.05, 4.69) is 10.5 Å². The van der Waals surface area contributed by atoms with Crippen LogP contribution in [0.2, 0.25) is 0 Å². The van der Waals surface area contributed by atoms with Gasteiger partial charge in [0.05, 0.1) is 11.8 Å². The minimum atomic E-state index is -0.423. The lowest BCUT2D eigenvalue weighted by Gasteiger charge is -2.05. The lowest BCUT2D eigenvalue weighted by atomic mass is 10.2. The monoisotopic (exact) mass is 374 g/mol. The summed E-state index contributed by atoms with van der Waals surface area (Å²) >= 11 is 0. The van der Waals surface area contributed by atoms with Crippen molar-refractivity contribution in [2.45, 2.75) is 0 Å². The number of carbonyl (C=O) groups is 2. The second-order valence-corrected chi connectivity index (χ2v) is 5.72. The maximum absolute atomic E-state index is 12.0. The van der Waals surface area contributed by atoms with E-state index in [1.165, 1.54) is 6.21 Å². The maximum Gasteiger partial charge on any atom is 0.343 e. The van der Waals surface area contributed by atoms with E-state index in [1.54, 1.807) is 60.7 Å². The van der Waals surface area contributed by atoms with Crippen molar-refractivity contribution < 1.29 is 19.1 Å². The number of rotatable bonds is 7. The Morgan fingerprint density at radius 3 is 2.14 bits per heavy atom. The summed E-state index contributed by atoms with van der Waals surface area (Å²) < 4.78 is 10.6. The van der Waals surface area contributed by atoms with Crippen molar-refractivity contribution in [3.63, 3.8) is 0 Å². The van der Waals surface area contributed by atoms with E-state index >= 15 is 0 Å². The molecule has 0 bridgehead atoms. The van der Waals surface area contributed by atoms with Gasteiger partial charge in [0.25, 0.3) is 5.91 Å². The molecule has 0 atom stereocenters. The third-order valence-corrected chi connectivity index (χ3v) is 3.62. The zero-order chi connectivity index (χ0) is 19.6. The van der Waals surface area contributed by atoms with Crippen LogP contribution in [-0.2, 0) is 4.79 Å². The summed E-state index contributed by atoms with van der Waals surface area (Å²) in [5, 5.41) is 3.88. The Bertz CT molecular complexity index is 939. The summed E-state index contributed by atoms with van der Waals surface area (Å²) in [5.74, 6) is 0.245. The number of nitrogens with one attached hydrogen (secondary N) is 1. The van der Waals surface area contributed by atoms with Gasteiger partial charge >= 0.3 is 5.97 Å². The zero-order valence-electron chi connectivity index (χ0n) is 14.9. The molecule has 0 heterocycles. The van der Waals surface area contributed by atoms with Gasteiger partial charge in [0.15, 0.2) is 6.61 Å². The van der Waals surface area contributed by atoms with Gasteiger partial charge in [-0.1, -0.05) is 36.4 Å². The normalized spacial score (nSPS) is 10.4. The first kappa shape index (κ1) is 18.8. The van der Waals surface area contributed by atoms with E-state index in [1.807, 2.05) is 24.3 Å². The number of carbonyl (C=O) groups excluding carboxylic acids is 2. The van der Waals surface area contributed by atoms with Crippen molar-refractivity contribution in [1.82, 2.24) is 5.43 Å². The summed E-state index contributed by atoms with van der Waals surface area (Å²) in [6.07, 6.45) is 1.49. The van der Waals surface area contributed by atoms with Crippen LogP contribution in [0, 0.1) is 0 Å². The maximum atomic E-state index is 12.0.